The molecule has 3 aromatic rings. The van der Waals surface area contributed by atoms with E-state index in [1.165, 1.54) is 20.6 Å². The van der Waals surface area contributed by atoms with E-state index in [1.807, 2.05) is 17.5 Å². The Balaban J connectivity index is 2.06. The topological polar surface area (TPSA) is 66.3 Å². The highest BCUT2D eigenvalue weighted by atomic mass is 32.1. The number of alkyl halides is 2. The van der Waals surface area contributed by atoms with Crippen molar-refractivity contribution in [2.75, 3.05) is 11.9 Å². The fraction of sp³-hybridized carbons (Fsp3) is 0.316. The average Bonchev–Trinajstić information content (AvgIpc) is 3.28. The van der Waals surface area contributed by atoms with Crippen LogP contribution in [-0.4, -0.2) is 28.1 Å². The van der Waals surface area contributed by atoms with E-state index in [0.29, 0.717) is 11.0 Å². The molecule has 0 fully saturated rings. The number of nitrogens with zero attached hydrogens (tertiary/aromatic N) is 3. The number of thiophene rings is 1. The van der Waals surface area contributed by atoms with Gasteiger partial charge < -0.3 is 10.0 Å². The first kappa shape index (κ1) is 21.7. The summed E-state index contributed by atoms with van der Waals surface area (Å²) in [6.07, 6.45) is 1.82. The van der Waals surface area contributed by atoms with Gasteiger partial charge in [0.2, 0.25) is 0 Å². The highest BCUT2D eigenvalue weighted by Gasteiger charge is 2.29. The van der Waals surface area contributed by atoms with E-state index in [2.05, 4.69) is 18.8 Å². The third-order valence-corrected chi connectivity index (χ3v) is 6.48. The third kappa shape index (κ3) is 4.79. The van der Waals surface area contributed by atoms with Crippen LogP contribution in [0.3, 0.4) is 0 Å². The molecule has 29 heavy (non-hydrogen) atoms. The van der Waals surface area contributed by atoms with Crippen molar-refractivity contribution in [2.45, 2.75) is 25.9 Å². The lowest BCUT2D eigenvalue weighted by atomic mass is 10.1. The quantitative estimate of drug-likeness (QED) is 0.453. The summed E-state index contributed by atoms with van der Waals surface area (Å²) in [5, 5.41) is 12.1. The molecule has 0 bridgehead atoms. The van der Waals surface area contributed by atoms with E-state index in [4.69, 9.17) is 4.98 Å². The van der Waals surface area contributed by atoms with Crippen molar-refractivity contribution in [3.63, 3.8) is 0 Å². The zero-order valence-electron chi connectivity index (χ0n) is 16.0. The van der Waals surface area contributed by atoms with Crippen LogP contribution in [0.4, 0.5) is 19.7 Å². The van der Waals surface area contributed by atoms with E-state index < -0.39 is 17.2 Å². The minimum Gasteiger partial charge on any atom is -0.478 e. The Morgan fingerprint density at radius 2 is 2.14 bits per heavy atom. The molecule has 1 atom stereocenters. The molecule has 0 aliphatic carbocycles. The highest BCUT2D eigenvalue weighted by Crippen LogP contribution is 2.40. The number of hydrogen-bond acceptors (Lipinski definition) is 6. The van der Waals surface area contributed by atoms with E-state index in [1.54, 1.807) is 23.3 Å². The fourth-order valence-corrected chi connectivity index (χ4v) is 4.97. The largest absolute Gasteiger partial charge is 0.478 e. The van der Waals surface area contributed by atoms with E-state index in [9.17, 15) is 18.7 Å². The maximum atomic E-state index is 13.6. The molecule has 0 saturated heterocycles. The minimum absolute atomic E-state index is 0.0677. The van der Waals surface area contributed by atoms with E-state index in [-0.39, 0.29) is 11.4 Å². The average molecular weight is 455 g/mol. The van der Waals surface area contributed by atoms with Crippen molar-refractivity contribution in [3.05, 3.63) is 45.8 Å². The fourth-order valence-electron chi connectivity index (χ4n) is 2.75. The second-order valence-corrected chi connectivity index (χ2v) is 9.66. The number of halogens is 2. The van der Waals surface area contributed by atoms with Gasteiger partial charge in [0.15, 0.2) is 5.13 Å². The maximum Gasteiger partial charge on any atom is 0.339 e. The number of carbonyl (C=O) groups is 1. The standard InChI is InChI=1S/C19H20F2N3O2PS2/c1-10(2)7-14-15(13-5-4-6-28-13)23-18(29-14)24(3)16-12(17(25)26)8-11(9-22-16)19(20,21)27/h4-6,8-10H,7,27H2,1-3H3,(H,25,26). The molecule has 1 N–H and O–H groups in total. The summed E-state index contributed by atoms with van der Waals surface area (Å²) < 4.78 is 27.2. The first-order valence-electron chi connectivity index (χ1n) is 8.75. The number of hydrogen-bond donors (Lipinski definition) is 1. The van der Waals surface area contributed by atoms with Gasteiger partial charge in [-0.1, -0.05) is 29.2 Å². The smallest absolute Gasteiger partial charge is 0.339 e. The van der Waals surface area contributed by atoms with Gasteiger partial charge in [0, 0.05) is 23.7 Å². The number of aromatic nitrogens is 2. The molecule has 3 heterocycles. The highest BCUT2D eigenvalue weighted by molar-refractivity contribution is 7.18. The van der Waals surface area contributed by atoms with Gasteiger partial charge in [0.1, 0.15) is 11.4 Å². The van der Waals surface area contributed by atoms with Crippen LogP contribution in [0.2, 0.25) is 0 Å². The number of aromatic carboxylic acids is 1. The van der Waals surface area contributed by atoms with Crippen LogP contribution in [0.1, 0.15) is 34.6 Å². The zero-order chi connectivity index (χ0) is 21.3. The monoisotopic (exact) mass is 455 g/mol. The molecule has 0 radical (unpaired) electrons. The first-order chi connectivity index (χ1) is 13.6. The van der Waals surface area contributed by atoms with Crippen LogP contribution in [-0.2, 0) is 12.1 Å². The van der Waals surface area contributed by atoms with Crippen LogP contribution >= 0.6 is 31.9 Å². The van der Waals surface area contributed by atoms with E-state index >= 15 is 0 Å². The van der Waals surface area contributed by atoms with Crippen molar-refractivity contribution in [3.8, 4) is 10.6 Å². The van der Waals surface area contributed by atoms with Gasteiger partial charge in [-0.15, -0.1) is 22.7 Å². The van der Waals surface area contributed by atoms with Crippen molar-refractivity contribution in [1.29, 1.82) is 0 Å². The van der Waals surface area contributed by atoms with Gasteiger partial charge in [0.05, 0.1) is 10.6 Å². The minimum atomic E-state index is -3.26. The van der Waals surface area contributed by atoms with Gasteiger partial charge in [0.25, 0.3) is 5.66 Å². The SMILES string of the molecule is CC(C)Cc1sc(N(C)c2ncc(C(F)(F)P)cc2C(=O)O)nc1-c1cccs1. The Labute approximate surface area is 177 Å². The van der Waals surface area contributed by atoms with Gasteiger partial charge in [-0.3, -0.25) is 0 Å². The number of thiazole rings is 1. The third-order valence-electron chi connectivity index (χ3n) is 4.12. The molecule has 1 unspecified atom stereocenters. The van der Waals surface area contributed by atoms with Crippen molar-refractivity contribution in [2.24, 2.45) is 5.92 Å². The summed E-state index contributed by atoms with van der Waals surface area (Å²) in [6, 6.07) is 4.90. The molecule has 10 heteroatoms. The normalized spacial score (nSPS) is 11.8. The summed E-state index contributed by atoms with van der Waals surface area (Å²) in [6.45, 7) is 4.24. The molecule has 154 valence electrons. The summed E-state index contributed by atoms with van der Waals surface area (Å²) in [7, 11) is 3.04. The molecule has 3 rings (SSSR count). The molecule has 5 nitrogen and oxygen atoms in total. The second kappa shape index (κ2) is 8.42. The van der Waals surface area contributed by atoms with Gasteiger partial charge >= 0.3 is 5.97 Å². The molecular formula is C19H20F2N3O2PS2. The van der Waals surface area contributed by atoms with Crippen LogP contribution < -0.4 is 4.90 Å². The summed E-state index contributed by atoms with van der Waals surface area (Å²) in [5.74, 6) is -0.838. The second-order valence-electron chi connectivity index (χ2n) is 6.93. The predicted octanol–water partition coefficient (Wildman–Crippen LogP) is 5.86. The van der Waals surface area contributed by atoms with Gasteiger partial charge in [-0.2, -0.15) is 8.78 Å². The van der Waals surface area contributed by atoms with Gasteiger partial charge in [-0.05, 0) is 29.9 Å². The molecule has 0 saturated carbocycles. The van der Waals surface area contributed by atoms with Crippen molar-refractivity contribution in [1.82, 2.24) is 9.97 Å². The summed E-state index contributed by atoms with van der Waals surface area (Å²) >= 11 is 3.04. The Morgan fingerprint density at radius 1 is 1.41 bits per heavy atom. The predicted molar refractivity (Wildman–Crippen MR) is 117 cm³/mol. The molecule has 0 aromatic carbocycles. The number of carboxylic acid groups (broad SMARTS) is 1. The summed E-state index contributed by atoms with van der Waals surface area (Å²) in [5.41, 5.74) is -3.17. The Kier molecular flexibility index (Phi) is 6.31. The lowest BCUT2D eigenvalue weighted by Gasteiger charge is -2.19. The molecule has 0 spiro atoms. The van der Waals surface area contributed by atoms with E-state index in [0.717, 1.165) is 34.1 Å². The molecular weight excluding hydrogens is 435 g/mol. The van der Waals surface area contributed by atoms with Crippen LogP contribution in [0.25, 0.3) is 10.6 Å². The number of anilines is 2. The maximum absolute atomic E-state index is 13.6. The number of rotatable bonds is 7. The molecule has 0 aliphatic heterocycles. The first-order valence-corrected chi connectivity index (χ1v) is 11.0. The number of pyridine rings is 1. The molecule has 0 amide bonds. The van der Waals surface area contributed by atoms with Gasteiger partial charge in [-0.25, -0.2) is 14.8 Å². The van der Waals surface area contributed by atoms with Crippen LogP contribution in [0.15, 0.2) is 29.8 Å². The van der Waals surface area contributed by atoms with Crippen molar-refractivity contribution < 1.29 is 18.7 Å². The van der Waals surface area contributed by atoms with Crippen molar-refractivity contribution >= 4 is 48.8 Å². The lowest BCUT2D eigenvalue weighted by molar-refractivity contribution is 0.0696. The summed E-state index contributed by atoms with van der Waals surface area (Å²) in [4.78, 5) is 24.1. The lowest BCUT2D eigenvalue weighted by Crippen LogP contribution is -2.17. The Bertz CT molecular complexity index is 1020. The Morgan fingerprint density at radius 3 is 2.69 bits per heavy atom. The Hall–Kier alpha value is -1.96. The van der Waals surface area contributed by atoms with Crippen LogP contribution in [0.5, 0.6) is 0 Å². The molecule has 3 aromatic heterocycles. The number of carboxylic acids is 1. The van der Waals surface area contributed by atoms with Crippen LogP contribution in [0, 0.1) is 5.92 Å². The molecule has 0 aliphatic rings. The zero-order valence-corrected chi connectivity index (χ0v) is 18.8.